The SMILES string of the molecule is CC(CCO)CNC(=O)C1(c2ccccc2)CCCC1. The van der Waals surface area contributed by atoms with Crippen molar-refractivity contribution in [3.8, 4) is 0 Å². The molecule has 1 aromatic rings. The molecule has 3 nitrogen and oxygen atoms in total. The molecular weight excluding hydrogens is 250 g/mol. The second kappa shape index (κ2) is 6.89. The smallest absolute Gasteiger partial charge is 0.230 e. The summed E-state index contributed by atoms with van der Waals surface area (Å²) in [6, 6.07) is 10.2. The second-order valence-corrected chi connectivity index (χ2v) is 5.98. The van der Waals surface area contributed by atoms with Crippen LogP contribution in [0.4, 0.5) is 0 Å². The van der Waals surface area contributed by atoms with E-state index in [1.165, 1.54) is 0 Å². The molecular formula is C17H25NO2. The fraction of sp³-hybridized carbons (Fsp3) is 0.588. The molecule has 1 aliphatic carbocycles. The molecule has 3 heteroatoms. The van der Waals surface area contributed by atoms with E-state index in [0.717, 1.165) is 37.7 Å². The van der Waals surface area contributed by atoms with Gasteiger partial charge >= 0.3 is 0 Å². The highest BCUT2D eigenvalue weighted by molar-refractivity contribution is 5.88. The van der Waals surface area contributed by atoms with Crippen LogP contribution in [-0.2, 0) is 10.2 Å². The van der Waals surface area contributed by atoms with Crippen LogP contribution in [0, 0.1) is 5.92 Å². The van der Waals surface area contributed by atoms with E-state index in [9.17, 15) is 4.79 Å². The van der Waals surface area contributed by atoms with Crippen LogP contribution in [0.5, 0.6) is 0 Å². The number of amides is 1. The van der Waals surface area contributed by atoms with Crippen molar-refractivity contribution in [2.45, 2.75) is 44.4 Å². The normalized spacial score (nSPS) is 18.7. The van der Waals surface area contributed by atoms with Crippen LogP contribution < -0.4 is 5.32 Å². The van der Waals surface area contributed by atoms with E-state index >= 15 is 0 Å². The molecule has 0 spiro atoms. The van der Waals surface area contributed by atoms with Gasteiger partial charge in [0, 0.05) is 13.2 Å². The average Bonchev–Trinajstić information content (AvgIpc) is 2.97. The first kappa shape index (κ1) is 15.0. The van der Waals surface area contributed by atoms with E-state index < -0.39 is 0 Å². The molecule has 0 bridgehead atoms. The van der Waals surface area contributed by atoms with Gasteiger partial charge in [0.25, 0.3) is 0 Å². The number of carbonyl (C=O) groups is 1. The Morgan fingerprint density at radius 3 is 2.55 bits per heavy atom. The molecule has 1 aliphatic rings. The molecule has 110 valence electrons. The van der Waals surface area contributed by atoms with Crippen LogP contribution in [0.1, 0.15) is 44.6 Å². The van der Waals surface area contributed by atoms with Crippen LogP contribution in [0.15, 0.2) is 30.3 Å². The summed E-state index contributed by atoms with van der Waals surface area (Å²) < 4.78 is 0. The van der Waals surface area contributed by atoms with Crippen molar-refractivity contribution in [1.82, 2.24) is 5.32 Å². The summed E-state index contributed by atoms with van der Waals surface area (Å²) >= 11 is 0. The van der Waals surface area contributed by atoms with E-state index in [-0.39, 0.29) is 17.9 Å². The molecule has 20 heavy (non-hydrogen) atoms. The van der Waals surface area contributed by atoms with Crippen LogP contribution >= 0.6 is 0 Å². The molecule has 0 aliphatic heterocycles. The van der Waals surface area contributed by atoms with Gasteiger partial charge in [-0.15, -0.1) is 0 Å². The maximum atomic E-state index is 12.7. The quantitative estimate of drug-likeness (QED) is 0.838. The van der Waals surface area contributed by atoms with Crippen molar-refractivity contribution in [1.29, 1.82) is 0 Å². The van der Waals surface area contributed by atoms with E-state index in [1.54, 1.807) is 0 Å². The zero-order valence-electron chi connectivity index (χ0n) is 12.3. The number of nitrogens with one attached hydrogen (secondary N) is 1. The zero-order valence-corrected chi connectivity index (χ0v) is 12.3. The first-order valence-electron chi connectivity index (χ1n) is 7.64. The molecule has 0 saturated heterocycles. The minimum Gasteiger partial charge on any atom is -0.396 e. The Balaban J connectivity index is 2.07. The Kier molecular flexibility index (Phi) is 5.18. The molecule has 1 fully saturated rings. The third-order valence-corrected chi connectivity index (χ3v) is 4.45. The molecule has 2 N–H and O–H groups in total. The lowest BCUT2D eigenvalue weighted by atomic mass is 9.78. The van der Waals surface area contributed by atoms with Gasteiger partial charge in [-0.2, -0.15) is 0 Å². The van der Waals surface area contributed by atoms with Crippen LogP contribution in [0.3, 0.4) is 0 Å². The lowest BCUT2D eigenvalue weighted by molar-refractivity contribution is -0.126. The van der Waals surface area contributed by atoms with Gasteiger partial charge in [-0.1, -0.05) is 50.1 Å². The first-order chi connectivity index (χ1) is 9.69. The molecule has 1 unspecified atom stereocenters. The first-order valence-corrected chi connectivity index (χ1v) is 7.64. The van der Waals surface area contributed by atoms with Crippen LogP contribution in [0.25, 0.3) is 0 Å². The standard InChI is InChI=1S/C17H25NO2/c1-14(9-12-19)13-18-16(20)17(10-5-6-11-17)15-7-3-2-4-8-15/h2-4,7-8,14,19H,5-6,9-13H2,1H3,(H,18,20). The Hall–Kier alpha value is -1.35. The van der Waals surface area contributed by atoms with Crippen molar-refractivity contribution in [3.05, 3.63) is 35.9 Å². The fourth-order valence-corrected chi connectivity index (χ4v) is 3.14. The molecule has 0 radical (unpaired) electrons. The van der Waals surface area contributed by atoms with E-state index in [0.29, 0.717) is 12.5 Å². The molecule has 1 aromatic carbocycles. The summed E-state index contributed by atoms with van der Waals surface area (Å²) in [4.78, 5) is 12.7. The van der Waals surface area contributed by atoms with E-state index in [1.807, 2.05) is 18.2 Å². The Labute approximate surface area is 121 Å². The van der Waals surface area contributed by atoms with Crippen molar-refractivity contribution in [2.75, 3.05) is 13.2 Å². The molecule has 1 amide bonds. The summed E-state index contributed by atoms with van der Waals surface area (Å²) in [5, 5.41) is 12.0. The molecule has 1 saturated carbocycles. The highest BCUT2D eigenvalue weighted by Crippen LogP contribution is 2.41. The van der Waals surface area contributed by atoms with Crippen LogP contribution in [-0.4, -0.2) is 24.2 Å². The van der Waals surface area contributed by atoms with Gasteiger partial charge in [-0.05, 0) is 30.7 Å². The predicted molar refractivity (Wildman–Crippen MR) is 80.5 cm³/mol. The summed E-state index contributed by atoms with van der Waals surface area (Å²) in [6.45, 7) is 2.88. The van der Waals surface area contributed by atoms with Crippen molar-refractivity contribution in [2.24, 2.45) is 5.92 Å². The van der Waals surface area contributed by atoms with Gasteiger partial charge in [0.1, 0.15) is 0 Å². The van der Waals surface area contributed by atoms with Crippen LogP contribution in [0.2, 0.25) is 0 Å². The number of aliphatic hydroxyl groups excluding tert-OH is 1. The maximum Gasteiger partial charge on any atom is 0.230 e. The van der Waals surface area contributed by atoms with Crippen molar-refractivity contribution in [3.63, 3.8) is 0 Å². The number of hydrogen-bond acceptors (Lipinski definition) is 2. The number of carbonyl (C=O) groups excluding carboxylic acids is 1. The minimum atomic E-state index is -0.333. The summed E-state index contributed by atoms with van der Waals surface area (Å²) in [5.41, 5.74) is 0.810. The van der Waals surface area contributed by atoms with Gasteiger partial charge < -0.3 is 10.4 Å². The third-order valence-electron chi connectivity index (χ3n) is 4.45. The van der Waals surface area contributed by atoms with Crippen molar-refractivity contribution < 1.29 is 9.90 Å². The third kappa shape index (κ3) is 3.21. The number of hydrogen-bond donors (Lipinski definition) is 2. The molecule has 0 aromatic heterocycles. The summed E-state index contributed by atoms with van der Waals surface area (Å²) in [5.74, 6) is 0.476. The molecule has 0 heterocycles. The predicted octanol–water partition coefficient (Wildman–Crippen LogP) is 2.63. The summed E-state index contributed by atoms with van der Waals surface area (Å²) in [7, 11) is 0. The number of aliphatic hydroxyl groups is 1. The van der Waals surface area contributed by atoms with Gasteiger partial charge in [-0.25, -0.2) is 0 Å². The zero-order chi connectivity index (χ0) is 14.4. The Morgan fingerprint density at radius 2 is 1.95 bits per heavy atom. The Morgan fingerprint density at radius 1 is 1.30 bits per heavy atom. The lowest BCUT2D eigenvalue weighted by Gasteiger charge is -2.29. The van der Waals surface area contributed by atoms with E-state index in [4.69, 9.17) is 5.11 Å². The molecule has 2 rings (SSSR count). The van der Waals surface area contributed by atoms with E-state index in [2.05, 4.69) is 24.4 Å². The van der Waals surface area contributed by atoms with Gasteiger partial charge in [0.05, 0.1) is 5.41 Å². The second-order valence-electron chi connectivity index (χ2n) is 5.98. The van der Waals surface area contributed by atoms with Gasteiger partial charge in [0.2, 0.25) is 5.91 Å². The number of benzene rings is 1. The average molecular weight is 275 g/mol. The van der Waals surface area contributed by atoms with Crippen molar-refractivity contribution >= 4 is 5.91 Å². The largest absolute Gasteiger partial charge is 0.396 e. The minimum absolute atomic E-state index is 0.158. The van der Waals surface area contributed by atoms with Gasteiger partial charge in [0.15, 0.2) is 0 Å². The highest BCUT2D eigenvalue weighted by atomic mass is 16.3. The highest BCUT2D eigenvalue weighted by Gasteiger charge is 2.42. The maximum absolute atomic E-state index is 12.7. The molecule has 1 atom stereocenters. The van der Waals surface area contributed by atoms with Gasteiger partial charge in [-0.3, -0.25) is 4.79 Å². The topological polar surface area (TPSA) is 49.3 Å². The Bertz CT molecular complexity index is 424. The summed E-state index contributed by atoms with van der Waals surface area (Å²) in [6.07, 6.45) is 4.86. The lowest BCUT2D eigenvalue weighted by Crippen LogP contribution is -2.44. The monoisotopic (exact) mass is 275 g/mol. The number of rotatable bonds is 6. The fourth-order valence-electron chi connectivity index (χ4n) is 3.14.